The van der Waals surface area contributed by atoms with E-state index in [9.17, 15) is 4.79 Å². The molecule has 0 radical (unpaired) electrons. The van der Waals surface area contributed by atoms with Gasteiger partial charge < -0.3 is 9.47 Å². The topological polar surface area (TPSA) is 38.1 Å². The van der Waals surface area contributed by atoms with Crippen LogP contribution in [0.3, 0.4) is 0 Å². The summed E-state index contributed by atoms with van der Waals surface area (Å²) in [7, 11) is 0. The van der Waals surface area contributed by atoms with Crippen LogP contribution < -0.4 is 0 Å². The number of carbonyl (C=O) groups is 1. The molecule has 0 atom stereocenters. The monoisotopic (exact) mass is 331 g/mol. The average Bonchev–Trinajstić information content (AvgIpc) is 3.18. The first-order valence-corrected chi connectivity index (χ1v) is 8.51. The molecule has 3 aromatic rings. The minimum atomic E-state index is 0.0717. The molecule has 3 heterocycles. The quantitative estimate of drug-likeness (QED) is 0.713. The highest BCUT2D eigenvalue weighted by Crippen LogP contribution is 2.27. The van der Waals surface area contributed by atoms with Crippen LogP contribution in [0.5, 0.6) is 0 Å². The number of nitrogens with zero attached hydrogens (tertiary/aromatic N) is 3. The molecule has 0 saturated carbocycles. The van der Waals surface area contributed by atoms with Gasteiger partial charge in [0.15, 0.2) is 0 Å². The number of carbonyl (C=O) groups excluding carboxylic acids is 1. The van der Waals surface area contributed by atoms with Crippen LogP contribution in [0.25, 0.3) is 5.69 Å². The van der Waals surface area contributed by atoms with Gasteiger partial charge >= 0.3 is 0 Å². The maximum atomic E-state index is 13.3. The zero-order chi connectivity index (χ0) is 17.6. The average molecular weight is 331 g/mol. The number of pyridine rings is 1. The van der Waals surface area contributed by atoms with Crippen molar-refractivity contribution in [2.24, 2.45) is 0 Å². The first-order chi connectivity index (χ1) is 12.0. The van der Waals surface area contributed by atoms with E-state index in [0.717, 1.165) is 33.8 Å². The van der Waals surface area contributed by atoms with E-state index in [2.05, 4.69) is 41.6 Å². The summed E-state index contributed by atoms with van der Waals surface area (Å²) in [6, 6.07) is 12.3. The van der Waals surface area contributed by atoms with Crippen molar-refractivity contribution in [1.82, 2.24) is 14.5 Å². The molecular formula is C21H21N3O. The third-order valence-corrected chi connectivity index (χ3v) is 4.91. The van der Waals surface area contributed by atoms with E-state index in [1.54, 1.807) is 6.20 Å². The minimum absolute atomic E-state index is 0.0717. The fraction of sp³-hybridized carbons (Fsp3) is 0.238. The normalized spacial score (nSPS) is 13.2. The van der Waals surface area contributed by atoms with Gasteiger partial charge in [-0.25, -0.2) is 0 Å². The molecule has 0 saturated heterocycles. The number of aryl methyl sites for hydroxylation is 3. The van der Waals surface area contributed by atoms with Crippen molar-refractivity contribution < 1.29 is 4.79 Å². The van der Waals surface area contributed by atoms with Crippen LogP contribution in [0.15, 0.2) is 48.8 Å². The van der Waals surface area contributed by atoms with Gasteiger partial charge in [0.25, 0.3) is 5.91 Å². The summed E-state index contributed by atoms with van der Waals surface area (Å²) in [5.41, 5.74) is 7.37. The number of amides is 1. The summed E-state index contributed by atoms with van der Waals surface area (Å²) in [4.78, 5) is 19.4. The van der Waals surface area contributed by atoms with Crippen LogP contribution in [-0.2, 0) is 13.1 Å². The van der Waals surface area contributed by atoms with E-state index < -0.39 is 0 Å². The Morgan fingerprint density at radius 1 is 0.960 bits per heavy atom. The number of rotatable bonds is 2. The fourth-order valence-corrected chi connectivity index (χ4v) is 3.60. The van der Waals surface area contributed by atoms with Crippen LogP contribution in [0.1, 0.15) is 38.4 Å². The molecule has 0 aliphatic carbocycles. The summed E-state index contributed by atoms with van der Waals surface area (Å²) in [6.45, 7) is 7.43. The lowest BCUT2D eigenvalue weighted by atomic mass is 10.1. The molecule has 1 aliphatic heterocycles. The van der Waals surface area contributed by atoms with Crippen LogP contribution >= 0.6 is 0 Å². The number of benzene rings is 1. The second-order valence-electron chi connectivity index (χ2n) is 6.78. The van der Waals surface area contributed by atoms with Gasteiger partial charge in [0.1, 0.15) is 0 Å². The molecule has 1 aliphatic rings. The lowest BCUT2D eigenvalue weighted by Gasteiger charge is -2.20. The Labute approximate surface area is 147 Å². The Kier molecular flexibility index (Phi) is 3.68. The van der Waals surface area contributed by atoms with Crippen molar-refractivity contribution in [3.63, 3.8) is 0 Å². The Morgan fingerprint density at radius 3 is 2.40 bits per heavy atom. The van der Waals surface area contributed by atoms with Crippen LogP contribution in [0, 0.1) is 20.8 Å². The van der Waals surface area contributed by atoms with E-state index in [0.29, 0.717) is 13.1 Å². The summed E-state index contributed by atoms with van der Waals surface area (Å²) < 4.78 is 2.15. The highest BCUT2D eigenvalue weighted by Gasteiger charge is 2.26. The summed E-state index contributed by atoms with van der Waals surface area (Å²) in [6.07, 6.45) is 3.65. The van der Waals surface area contributed by atoms with Gasteiger partial charge in [0, 0.05) is 36.9 Å². The highest BCUT2D eigenvalue weighted by atomic mass is 16.2. The second kappa shape index (κ2) is 5.88. The first kappa shape index (κ1) is 15.6. The number of aromatic nitrogens is 2. The van der Waals surface area contributed by atoms with Gasteiger partial charge in [-0.2, -0.15) is 0 Å². The van der Waals surface area contributed by atoms with Crippen molar-refractivity contribution in [1.29, 1.82) is 0 Å². The van der Waals surface area contributed by atoms with Gasteiger partial charge in [-0.1, -0.05) is 11.6 Å². The summed E-state index contributed by atoms with van der Waals surface area (Å²) in [5, 5.41) is 0. The Bertz CT molecular complexity index is 927. The third kappa shape index (κ3) is 2.64. The molecule has 25 heavy (non-hydrogen) atoms. The fourth-order valence-electron chi connectivity index (χ4n) is 3.60. The molecule has 4 rings (SSSR count). The SMILES string of the molecule is Cc1ccc(-n2c(C)ccc2C)c(C(=O)N2Cc3ccncc3C2)c1. The van der Waals surface area contributed by atoms with E-state index in [4.69, 9.17) is 0 Å². The Morgan fingerprint density at radius 2 is 1.68 bits per heavy atom. The Balaban J connectivity index is 1.76. The van der Waals surface area contributed by atoms with Crippen LogP contribution in [-0.4, -0.2) is 20.4 Å². The molecule has 0 N–H and O–H groups in total. The lowest BCUT2D eigenvalue weighted by Crippen LogP contribution is -2.26. The second-order valence-corrected chi connectivity index (χ2v) is 6.78. The predicted octanol–water partition coefficient (Wildman–Crippen LogP) is 3.95. The van der Waals surface area contributed by atoms with Crippen molar-refractivity contribution in [2.45, 2.75) is 33.9 Å². The number of hydrogen-bond donors (Lipinski definition) is 0. The predicted molar refractivity (Wildman–Crippen MR) is 97.8 cm³/mol. The van der Waals surface area contributed by atoms with E-state index >= 15 is 0 Å². The number of fused-ring (bicyclic) bond motifs is 1. The largest absolute Gasteiger partial charge is 0.330 e. The third-order valence-electron chi connectivity index (χ3n) is 4.91. The molecule has 4 nitrogen and oxygen atoms in total. The molecular weight excluding hydrogens is 310 g/mol. The van der Waals surface area contributed by atoms with Crippen LogP contribution in [0.4, 0.5) is 0 Å². The van der Waals surface area contributed by atoms with Gasteiger partial charge in [-0.15, -0.1) is 0 Å². The zero-order valence-electron chi connectivity index (χ0n) is 14.8. The van der Waals surface area contributed by atoms with Crippen molar-refractivity contribution in [2.75, 3.05) is 0 Å². The maximum Gasteiger partial charge on any atom is 0.256 e. The molecule has 0 bridgehead atoms. The van der Waals surface area contributed by atoms with Gasteiger partial charge in [0.05, 0.1) is 11.3 Å². The highest BCUT2D eigenvalue weighted by molar-refractivity contribution is 5.98. The van der Waals surface area contributed by atoms with E-state index in [1.807, 2.05) is 36.2 Å². The summed E-state index contributed by atoms with van der Waals surface area (Å²) in [5.74, 6) is 0.0717. The molecule has 0 fully saturated rings. The first-order valence-electron chi connectivity index (χ1n) is 8.51. The summed E-state index contributed by atoms with van der Waals surface area (Å²) >= 11 is 0. The van der Waals surface area contributed by atoms with Crippen molar-refractivity contribution >= 4 is 5.91 Å². The molecule has 126 valence electrons. The smallest absolute Gasteiger partial charge is 0.256 e. The van der Waals surface area contributed by atoms with E-state index in [1.165, 1.54) is 5.56 Å². The van der Waals surface area contributed by atoms with Crippen molar-refractivity contribution in [3.8, 4) is 5.69 Å². The lowest BCUT2D eigenvalue weighted by molar-refractivity contribution is 0.0751. The molecule has 0 spiro atoms. The number of hydrogen-bond acceptors (Lipinski definition) is 2. The molecule has 0 unspecified atom stereocenters. The molecule has 4 heteroatoms. The minimum Gasteiger partial charge on any atom is -0.330 e. The standard InChI is InChI=1S/C21H21N3O/c1-14-4-7-20(24-15(2)5-6-16(24)3)19(10-14)21(25)23-12-17-8-9-22-11-18(17)13-23/h4-11H,12-13H2,1-3H3. The molecule has 2 aromatic heterocycles. The maximum absolute atomic E-state index is 13.3. The van der Waals surface area contributed by atoms with Gasteiger partial charge in [0.2, 0.25) is 0 Å². The van der Waals surface area contributed by atoms with Crippen molar-refractivity contribution in [3.05, 3.63) is 82.4 Å². The molecule has 1 aromatic carbocycles. The van der Waals surface area contributed by atoms with Gasteiger partial charge in [-0.05, 0) is 62.2 Å². The van der Waals surface area contributed by atoms with Gasteiger partial charge in [-0.3, -0.25) is 9.78 Å². The van der Waals surface area contributed by atoms with E-state index in [-0.39, 0.29) is 5.91 Å². The van der Waals surface area contributed by atoms with Crippen LogP contribution in [0.2, 0.25) is 0 Å². The Hall–Kier alpha value is -2.88. The zero-order valence-corrected chi connectivity index (χ0v) is 14.8. The molecule has 1 amide bonds.